The molecule has 10 nitrogen and oxygen atoms in total. The molecule has 1 aliphatic rings. The largest absolute Gasteiger partial charge is 0.457 e. The van der Waals surface area contributed by atoms with Gasteiger partial charge in [0.1, 0.15) is 28.7 Å². The molecule has 10 heteroatoms. The van der Waals surface area contributed by atoms with E-state index in [0.717, 1.165) is 22.3 Å². The summed E-state index contributed by atoms with van der Waals surface area (Å²) in [6.45, 7) is 13.9. The van der Waals surface area contributed by atoms with E-state index in [1.54, 1.807) is 68.4 Å². The maximum atomic E-state index is 12.9. The summed E-state index contributed by atoms with van der Waals surface area (Å²) in [7, 11) is 0. The fourth-order valence-corrected chi connectivity index (χ4v) is 5.05. The van der Waals surface area contributed by atoms with Gasteiger partial charge in [0, 0.05) is 16.6 Å². The van der Waals surface area contributed by atoms with Crippen LogP contribution >= 0.6 is 0 Å². The number of rotatable bonds is 14. The summed E-state index contributed by atoms with van der Waals surface area (Å²) < 4.78 is 38.1. The molecule has 0 saturated carbocycles. The van der Waals surface area contributed by atoms with Crippen molar-refractivity contribution in [2.24, 2.45) is 0 Å². The van der Waals surface area contributed by atoms with Crippen LogP contribution in [0.25, 0.3) is 11.1 Å². The fraction of sp³-hybridized carbons (Fsp3) is 0.205. The Hall–Kier alpha value is -6.03. The topological polar surface area (TPSA) is 116 Å². The first-order chi connectivity index (χ1) is 23.4. The number of hydrogen-bond acceptors (Lipinski definition) is 10. The Balaban J connectivity index is 1.15. The molecule has 4 aromatic rings. The molecule has 0 aromatic heterocycles. The molecule has 0 fully saturated rings. The molecule has 0 unspecified atom stereocenters. The van der Waals surface area contributed by atoms with E-state index in [1.807, 2.05) is 30.3 Å². The van der Waals surface area contributed by atoms with E-state index in [9.17, 15) is 14.4 Å². The molecule has 0 heterocycles. The Kier molecular flexibility index (Phi) is 10.4. The van der Waals surface area contributed by atoms with Crippen LogP contribution in [-0.4, -0.2) is 38.3 Å². The number of hydrogen-bond donors (Lipinski definition) is 0. The lowest BCUT2D eigenvalue weighted by atomic mass is 9.82. The Morgan fingerprint density at radius 1 is 0.551 bits per heavy atom. The van der Waals surface area contributed by atoms with Crippen LogP contribution in [0.15, 0.2) is 109 Å². The number of carbonyl (C=O) groups is 3. The lowest BCUT2D eigenvalue weighted by Gasteiger charge is -2.22. The first kappa shape index (κ1) is 34.3. The second-order valence-electron chi connectivity index (χ2n) is 11.8. The summed E-state index contributed by atoms with van der Waals surface area (Å²) >= 11 is 0. The van der Waals surface area contributed by atoms with Crippen LogP contribution in [0.1, 0.15) is 49.2 Å². The smallest absolute Gasteiger partial charge is 0.343 e. The minimum absolute atomic E-state index is 0.0156. The van der Waals surface area contributed by atoms with Crippen LogP contribution in [0.4, 0.5) is 0 Å². The molecular weight excluding hydrogens is 628 g/mol. The van der Waals surface area contributed by atoms with Crippen LogP contribution in [0, 0.1) is 0 Å². The molecule has 0 aliphatic heterocycles. The standard InChI is InChI=1S/C39H36O10/c1-24(2)36(40)47-22-44-27-9-7-26(8-10-27)38(42)49-31-16-18-33-32-17-15-30(19-34(32)39(5,6)35(33)20-31)46-21-43-28-11-13-29(14-12-28)45-23-48-37(41)25(3)4/h7-20H,1,3,21-23H2,2,4-6H3. The van der Waals surface area contributed by atoms with Crippen molar-refractivity contribution in [3.05, 3.63) is 126 Å². The van der Waals surface area contributed by atoms with Crippen LogP contribution in [0.3, 0.4) is 0 Å². The number of ether oxygens (including phenoxy) is 7. The van der Waals surface area contributed by atoms with Crippen molar-refractivity contribution >= 4 is 17.9 Å². The average Bonchev–Trinajstić information content (AvgIpc) is 3.30. The zero-order valence-corrected chi connectivity index (χ0v) is 27.7. The van der Waals surface area contributed by atoms with Crippen molar-refractivity contribution in [3.8, 4) is 39.9 Å². The van der Waals surface area contributed by atoms with Gasteiger partial charge >= 0.3 is 17.9 Å². The van der Waals surface area contributed by atoms with Gasteiger partial charge in [0.05, 0.1) is 5.56 Å². The zero-order chi connectivity index (χ0) is 35.1. The minimum atomic E-state index is -0.547. The average molecular weight is 665 g/mol. The maximum Gasteiger partial charge on any atom is 0.343 e. The molecule has 5 rings (SSSR count). The highest BCUT2D eigenvalue weighted by atomic mass is 16.7. The van der Waals surface area contributed by atoms with Gasteiger partial charge in [-0.15, -0.1) is 0 Å². The normalized spacial score (nSPS) is 12.1. The van der Waals surface area contributed by atoms with E-state index in [0.29, 0.717) is 39.9 Å². The summed E-state index contributed by atoms with van der Waals surface area (Å²) in [5.41, 5.74) is 4.72. The van der Waals surface area contributed by atoms with Crippen LogP contribution < -0.4 is 23.7 Å². The SMILES string of the molecule is C=C(C)C(=O)OCOc1ccc(OCOc2ccc3c(c2)C(C)(C)c2cc(OC(=O)c4ccc(OCOC(=O)C(=C)C)cc4)ccc2-3)cc1. The van der Waals surface area contributed by atoms with E-state index in [4.69, 9.17) is 33.2 Å². The van der Waals surface area contributed by atoms with Gasteiger partial charge in [-0.3, -0.25) is 0 Å². The van der Waals surface area contributed by atoms with Crippen LogP contribution in [0.2, 0.25) is 0 Å². The Morgan fingerprint density at radius 3 is 1.43 bits per heavy atom. The predicted octanol–water partition coefficient (Wildman–Crippen LogP) is 7.54. The third kappa shape index (κ3) is 8.28. The third-order valence-corrected chi connectivity index (χ3v) is 7.72. The Labute approximate surface area is 284 Å². The van der Waals surface area contributed by atoms with Crippen LogP contribution in [-0.2, 0) is 24.5 Å². The molecule has 0 N–H and O–H groups in total. The summed E-state index contributed by atoms with van der Waals surface area (Å²) in [5, 5.41) is 0. The third-order valence-electron chi connectivity index (χ3n) is 7.72. The summed E-state index contributed by atoms with van der Waals surface area (Å²) in [6, 6.07) is 24.7. The van der Waals surface area contributed by atoms with Crippen molar-refractivity contribution in [1.82, 2.24) is 0 Å². The van der Waals surface area contributed by atoms with Gasteiger partial charge in [-0.2, -0.15) is 0 Å². The molecule has 0 amide bonds. The van der Waals surface area contributed by atoms with Gasteiger partial charge in [0.25, 0.3) is 0 Å². The molecule has 0 atom stereocenters. The molecular formula is C39H36O10. The Bertz CT molecular complexity index is 1890. The van der Waals surface area contributed by atoms with E-state index in [1.165, 1.54) is 0 Å². The van der Waals surface area contributed by atoms with E-state index >= 15 is 0 Å². The highest BCUT2D eigenvalue weighted by Crippen LogP contribution is 2.50. The van der Waals surface area contributed by atoms with Gasteiger partial charge in [0.15, 0.2) is 0 Å². The molecule has 1 aliphatic carbocycles. The molecule has 0 saturated heterocycles. The second kappa shape index (κ2) is 14.8. The van der Waals surface area contributed by atoms with Gasteiger partial charge < -0.3 is 33.2 Å². The lowest BCUT2D eigenvalue weighted by molar-refractivity contribution is -0.146. The molecule has 0 bridgehead atoms. The second-order valence-corrected chi connectivity index (χ2v) is 11.8. The Morgan fingerprint density at radius 2 is 0.939 bits per heavy atom. The lowest BCUT2D eigenvalue weighted by Crippen LogP contribution is -2.16. The molecule has 252 valence electrons. The minimum Gasteiger partial charge on any atom is -0.457 e. The zero-order valence-electron chi connectivity index (χ0n) is 27.7. The van der Waals surface area contributed by atoms with Crippen molar-refractivity contribution in [2.75, 3.05) is 20.4 Å². The first-order valence-corrected chi connectivity index (χ1v) is 15.3. The number of esters is 3. The monoisotopic (exact) mass is 664 g/mol. The molecule has 0 spiro atoms. The number of fused-ring (bicyclic) bond motifs is 3. The predicted molar refractivity (Wildman–Crippen MR) is 181 cm³/mol. The van der Waals surface area contributed by atoms with Crippen molar-refractivity contribution in [3.63, 3.8) is 0 Å². The van der Waals surface area contributed by atoms with Crippen molar-refractivity contribution in [2.45, 2.75) is 33.1 Å². The summed E-state index contributed by atoms with van der Waals surface area (Å²) in [5.74, 6) is 1.01. The highest BCUT2D eigenvalue weighted by molar-refractivity contribution is 5.91. The first-order valence-electron chi connectivity index (χ1n) is 15.3. The van der Waals surface area contributed by atoms with Gasteiger partial charge in [0.2, 0.25) is 20.4 Å². The fourth-order valence-electron chi connectivity index (χ4n) is 5.05. The summed E-state index contributed by atoms with van der Waals surface area (Å²) in [4.78, 5) is 35.9. The van der Waals surface area contributed by atoms with Crippen molar-refractivity contribution < 1.29 is 47.5 Å². The van der Waals surface area contributed by atoms with Crippen molar-refractivity contribution in [1.29, 1.82) is 0 Å². The summed E-state index contributed by atoms with van der Waals surface area (Å²) in [6.07, 6.45) is 0. The van der Waals surface area contributed by atoms with Crippen LogP contribution in [0.5, 0.6) is 28.7 Å². The van der Waals surface area contributed by atoms with E-state index in [2.05, 4.69) is 27.0 Å². The number of benzene rings is 4. The quantitative estimate of drug-likeness (QED) is 0.0579. The molecule has 49 heavy (non-hydrogen) atoms. The van der Waals surface area contributed by atoms with Gasteiger partial charge in [-0.25, -0.2) is 14.4 Å². The molecule has 0 radical (unpaired) electrons. The van der Waals surface area contributed by atoms with E-state index < -0.39 is 23.3 Å². The maximum absolute atomic E-state index is 12.9. The van der Waals surface area contributed by atoms with Gasteiger partial charge in [-0.05, 0) is 109 Å². The number of carbonyl (C=O) groups excluding carboxylic acids is 3. The van der Waals surface area contributed by atoms with Gasteiger partial charge in [-0.1, -0.05) is 39.1 Å². The highest BCUT2D eigenvalue weighted by Gasteiger charge is 2.36. The molecule has 4 aromatic carbocycles. The van der Waals surface area contributed by atoms with E-state index in [-0.39, 0.29) is 26.0 Å².